The minimum absolute atomic E-state index is 0.0149. The van der Waals surface area contributed by atoms with Crippen molar-refractivity contribution in [1.82, 2.24) is 20.2 Å². The van der Waals surface area contributed by atoms with E-state index < -0.39 is 71.6 Å². The maximum absolute atomic E-state index is 13.9. The summed E-state index contributed by atoms with van der Waals surface area (Å²) in [6.45, 7) is 4.26. The number of ether oxygens (including phenoxy) is 1. The molecule has 1 aliphatic rings. The molecule has 0 saturated carbocycles. The molecule has 0 radical (unpaired) electrons. The van der Waals surface area contributed by atoms with E-state index in [0.29, 0.717) is 12.1 Å². The van der Waals surface area contributed by atoms with Crippen LogP contribution in [0.25, 0.3) is 0 Å². The van der Waals surface area contributed by atoms with E-state index in [1.807, 2.05) is 0 Å². The lowest BCUT2D eigenvalue weighted by Gasteiger charge is -2.44. The Bertz CT molecular complexity index is 1500. The molecule has 1 amide bonds. The van der Waals surface area contributed by atoms with E-state index in [9.17, 15) is 44.3 Å². The molecule has 0 bridgehead atoms. The molecule has 3 aromatic rings. The molecule has 2 aromatic carbocycles. The third-order valence-corrected chi connectivity index (χ3v) is 7.24. The Hall–Kier alpha value is -4.09. The number of benzene rings is 2. The highest BCUT2D eigenvalue weighted by Crippen LogP contribution is 2.46. The highest BCUT2D eigenvalue weighted by molar-refractivity contribution is 5.90. The molecule has 2 heterocycles. The van der Waals surface area contributed by atoms with Crippen molar-refractivity contribution in [3.8, 4) is 0 Å². The fourth-order valence-electron chi connectivity index (χ4n) is 5.24. The lowest BCUT2D eigenvalue weighted by molar-refractivity contribution is -0.143. The number of nitrogens with zero attached hydrogens (tertiary/aromatic N) is 6. The number of anilines is 2. The lowest BCUT2D eigenvalue weighted by Crippen LogP contribution is -2.48. The number of aromatic nitrogens is 4. The number of alkyl halides is 9. The smallest absolute Gasteiger partial charge is 0.416 e. The molecule has 0 aliphatic carbocycles. The summed E-state index contributed by atoms with van der Waals surface area (Å²) < 4.78 is 129. The van der Waals surface area contributed by atoms with Crippen molar-refractivity contribution in [1.29, 1.82) is 0 Å². The van der Waals surface area contributed by atoms with Crippen molar-refractivity contribution in [2.24, 2.45) is 5.73 Å². The Morgan fingerprint density at radius 3 is 2.11 bits per heavy atom. The van der Waals surface area contributed by atoms with Crippen LogP contribution in [0, 0.1) is 0 Å². The van der Waals surface area contributed by atoms with Gasteiger partial charge < -0.3 is 15.4 Å². The Labute approximate surface area is 257 Å². The molecule has 0 fully saturated rings. The van der Waals surface area contributed by atoms with Crippen LogP contribution in [0.1, 0.15) is 67.5 Å². The topological polar surface area (TPSA) is 102 Å². The Balaban J connectivity index is 1.95. The van der Waals surface area contributed by atoms with Crippen LogP contribution in [0.3, 0.4) is 0 Å². The van der Waals surface area contributed by atoms with Crippen LogP contribution >= 0.6 is 0 Å². The number of hydrogen-bond acceptors (Lipinski definition) is 7. The summed E-state index contributed by atoms with van der Waals surface area (Å²) in [4.78, 5) is 16.6. The number of tetrazole rings is 1. The van der Waals surface area contributed by atoms with E-state index in [0.717, 1.165) is 23.0 Å². The van der Waals surface area contributed by atoms with Crippen LogP contribution in [-0.2, 0) is 36.4 Å². The molecule has 4 rings (SSSR count). The van der Waals surface area contributed by atoms with Gasteiger partial charge in [-0.2, -0.15) is 44.3 Å². The molecule has 18 heteroatoms. The van der Waals surface area contributed by atoms with E-state index >= 15 is 0 Å². The van der Waals surface area contributed by atoms with E-state index in [1.165, 1.54) is 9.80 Å². The van der Waals surface area contributed by atoms with Gasteiger partial charge in [-0.05, 0) is 79.4 Å². The number of rotatable bonds is 8. The van der Waals surface area contributed by atoms with Gasteiger partial charge >= 0.3 is 24.6 Å². The fourth-order valence-corrected chi connectivity index (χ4v) is 5.24. The van der Waals surface area contributed by atoms with Gasteiger partial charge in [0, 0.05) is 19.1 Å². The van der Waals surface area contributed by atoms with Crippen LogP contribution in [0.4, 0.5) is 55.9 Å². The summed E-state index contributed by atoms with van der Waals surface area (Å²) in [7, 11) is 0. The minimum atomic E-state index is -5.15. The molecule has 9 nitrogen and oxygen atoms in total. The molecule has 0 saturated heterocycles. The Morgan fingerprint density at radius 1 is 0.978 bits per heavy atom. The fraction of sp³-hybridized carbons (Fsp3) is 0.500. The first kappa shape index (κ1) is 34.8. The van der Waals surface area contributed by atoms with Crippen LogP contribution in [0.15, 0.2) is 36.4 Å². The second kappa shape index (κ2) is 13.0. The van der Waals surface area contributed by atoms with Gasteiger partial charge in [0.2, 0.25) is 0 Å². The van der Waals surface area contributed by atoms with Crippen molar-refractivity contribution in [2.45, 2.75) is 83.4 Å². The summed E-state index contributed by atoms with van der Waals surface area (Å²) in [5.74, 6) is -0.291. The van der Waals surface area contributed by atoms with Crippen LogP contribution in [0.5, 0.6) is 0 Å². The Morgan fingerprint density at radius 2 is 1.59 bits per heavy atom. The number of fused-ring (bicyclic) bond motifs is 1. The standard InChI is InChI=1S/C28H30F9N7O2/c1-4-20-13-23(21-12-17(26(29,30)31)5-6-22(21)44(20)25(45)46-15(2)3)42(24-39-41-43(40-24)8-7-38)14-16-9-18(27(32,33)34)11-19(10-16)28(35,36)37/h5-6,9-12,15,20,23H,4,7-8,13-14,38H2,1-3H3/t20-,23+/m1/s1. The summed E-state index contributed by atoms with van der Waals surface area (Å²) in [6.07, 6.45) is -16.4. The highest BCUT2D eigenvalue weighted by Gasteiger charge is 2.43. The molecule has 1 aromatic heterocycles. The number of amides is 1. The van der Waals surface area contributed by atoms with E-state index in [-0.39, 0.29) is 49.2 Å². The zero-order valence-corrected chi connectivity index (χ0v) is 24.7. The number of carbonyl (C=O) groups is 1. The molecule has 2 N–H and O–H groups in total. The summed E-state index contributed by atoms with van der Waals surface area (Å²) in [5, 5.41) is 11.9. The first-order chi connectivity index (χ1) is 21.3. The minimum Gasteiger partial charge on any atom is -0.446 e. The highest BCUT2D eigenvalue weighted by atomic mass is 19.4. The summed E-state index contributed by atoms with van der Waals surface area (Å²) in [5.41, 5.74) is 0.750. The van der Waals surface area contributed by atoms with Crippen molar-refractivity contribution in [3.05, 3.63) is 64.2 Å². The van der Waals surface area contributed by atoms with Crippen molar-refractivity contribution < 1.29 is 49.0 Å². The average molecular weight is 668 g/mol. The molecular formula is C28H30F9N7O2. The van der Waals surface area contributed by atoms with Gasteiger partial charge in [-0.15, -0.1) is 5.10 Å². The van der Waals surface area contributed by atoms with Gasteiger partial charge in [0.05, 0.1) is 41.1 Å². The average Bonchev–Trinajstić information content (AvgIpc) is 3.41. The first-order valence-electron chi connectivity index (χ1n) is 14.1. The zero-order chi connectivity index (χ0) is 34.2. The van der Waals surface area contributed by atoms with E-state index in [1.54, 1.807) is 20.8 Å². The molecule has 1 aliphatic heterocycles. The number of carbonyl (C=O) groups excluding carboxylic acids is 1. The summed E-state index contributed by atoms with van der Waals surface area (Å²) in [6, 6.07) is 1.76. The van der Waals surface area contributed by atoms with Gasteiger partial charge in [-0.1, -0.05) is 12.0 Å². The molecule has 252 valence electrons. The molecule has 0 spiro atoms. The molecule has 2 atom stereocenters. The lowest BCUT2D eigenvalue weighted by atomic mass is 9.87. The first-order valence-corrected chi connectivity index (χ1v) is 14.1. The second-order valence-corrected chi connectivity index (χ2v) is 10.9. The van der Waals surface area contributed by atoms with Crippen molar-refractivity contribution in [2.75, 3.05) is 16.3 Å². The van der Waals surface area contributed by atoms with Gasteiger partial charge in [0.1, 0.15) is 0 Å². The molecular weight excluding hydrogens is 637 g/mol. The SMILES string of the molecule is CC[C@@H]1C[C@H](N(Cc2cc(C(F)(F)F)cc(C(F)(F)F)c2)c2nnn(CCN)n2)c2cc(C(F)(F)F)ccc2N1C(=O)OC(C)C. The van der Waals surface area contributed by atoms with Crippen molar-refractivity contribution in [3.63, 3.8) is 0 Å². The maximum atomic E-state index is 13.9. The van der Waals surface area contributed by atoms with Gasteiger partial charge in [-0.25, -0.2) is 4.79 Å². The molecule has 46 heavy (non-hydrogen) atoms. The number of nitrogens with two attached hydrogens (primary N) is 1. The predicted octanol–water partition coefficient (Wildman–Crippen LogP) is 6.97. The Kier molecular flexibility index (Phi) is 9.80. The van der Waals surface area contributed by atoms with Gasteiger partial charge in [0.25, 0.3) is 5.95 Å². The van der Waals surface area contributed by atoms with Crippen LogP contribution < -0.4 is 15.5 Å². The van der Waals surface area contributed by atoms with Crippen LogP contribution in [-0.4, -0.2) is 45.0 Å². The van der Waals surface area contributed by atoms with Gasteiger partial charge in [-0.3, -0.25) is 4.90 Å². The second-order valence-electron chi connectivity index (χ2n) is 10.9. The third-order valence-electron chi connectivity index (χ3n) is 7.24. The molecule has 0 unspecified atom stereocenters. The monoisotopic (exact) mass is 667 g/mol. The summed E-state index contributed by atoms with van der Waals surface area (Å²) >= 11 is 0. The quantitative estimate of drug-likeness (QED) is 0.259. The maximum Gasteiger partial charge on any atom is 0.416 e. The predicted molar refractivity (Wildman–Crippen MR) is 146 cm³/mol. The van der Waals surface area contributed by atoms with Gasteiger partial charge in [0.15, 0.2) is 0 Å². The van der Waals surface area contributed by atoms with Crippen molar-refractivity contribution >= 4 is 17.7 Å². The third kappa shape index (κ3) is 7.64. The van der Waals surface area contributed by atoms with E-state index in [2.05, 4.69) is 15.4 Å². The number of halogens is 9. The zero-order valence-electron chi connectivity index (χ0n) is 24.7. The number of hydrogen-bond donors (Lipinski definition) is 1. The largest absolute Gasteiger partial charge is 0.446 e. The van der Waals surface area contributed by atoms with Crippen LogP contribution in [0.2, 0.25) is 0 Å². The normalized spacial score (nSPS) is 17.3. The van der Waals surface area contributed by atoms with E-state index in [4.69, 9.17) is 10.5 Å².